The molecule has 3 heteroatoms. The van der Waals surface area contributed by atoms with Crippen LogP contribution in [0.15, 0.2) is 42.6 Å². The lowest BCUT2D eigenvalue weighted by atomic mass is 10.3. The fraction of sp³-hybridized carbons (Fsp3) is 0.0909. The molecule has 0 saturated carbocycles. The van der Waals surface area contributed by atoms with Gasteiger partial charge in [-0.1, -0.05) is 18.2 Å². The van der Waals surface area contributed by atoms with Crippen LogP contribution in [-0.4, -0.2) is 10.2 Å². The van der Waals surface area contributed by atoms with Gasteiger partial charge in [-0.05, 0) is 30.7 Å². The molecule has 0 fully saturated rings. The Hall–Kier alpha value is -1.90. The first-order chi connectivity index (χ1) is 6.84. The van der Waals surface area contributed by atoms with Crippen molar-refractivity contribution in [1.82, 2.24) is 10.2 Å². The molecule has 3 nitrogen and oxygen atoms in total. The highest BCUT2D eigenvalue weighted by Gasteiger charge is 1.95. The van der Waals surface area contributed by atoms with Gasteiger partial charge in [-0.15, -0.1) is 5.10 Å². The third-order valence-electron chi connectivity index (χ3n) is 1.84. The molecular weight excluding hydrogens is 174 g/mol. The number of hydrogen-bond acceptors (Lipinski definition) is 3. The van der Waals surface area contributed by atoms with Gasteiger partial charge in [-0.2, -0.15) is 5.10 Å². The first kappa shape index (κ1) is 8.69. The van der Waals surface area contributed by atoms with Gasteiger partial charge in [0.1, 0.15) is 0 Å². The Bertz CT molecular complexity index is 412. The minimum atomic E-state index is 0.774. The molecule has 70 valence electrons. The minimum Gasteiger partial charge on any atom is -0.339 e. The van der Waals surface area contributed by atoms with Crippen LogP contribution in [0.5, 0.6) is 0 Å². The Balaban J connectivity index is 2.19. The molecule has 2 aromatic rings. The third-order valence-corrected chi connectivity index (χ3v) is 1.84. The largest absolute Gasteiger partial charge is 0.339 e. The summed E-state index contributed by atoms with van der Waals surface area (Å²) in [5.41, 5.74) is 2.12. The summed E-state index contributed by atoms with van der Waals surface area (Å²) < 4.78 is 0. The highest BCUT2D eigenvalue weighted by atomic mass is 15.2. The number of rotatable bonds is 2. The molecule has 0 amide bonds. The van der Waals surface area contributed by atoms with E-state index in [0.29, 0.717) is 0 Å². The van der Waals surface area contributed by atoms with Crippen LogP contribution in [0.1, 0.15) is 5.56 Å². The SMILES string of the molecule is Cc1cnnc(Nc2ccccc2)c1. The first-order valence-corrected chi connectivity index (χ1v) is 4.46. The molecule has 1 aromatic heterocycles. The zero-order valence-corrected chi connectivity index (χ0v) is 7.94. The molecule has 0 radical (unpaired) electrons. The number of benzene rings is 1. The van der Waals surface area contributed by atoms with Crippen LogP contribution in [0.2, 0.25) is 0 Å². The molecular formula is C11H11N3. The van der Waals surface area contributed by atoms with Crippen molar-refractivity contribution >= 4 is 11.5 Å². The highest BCUT2D eigenvalue weighted by molar-refractivity contribution is 5.55. The maximum Gasteiger partial charge on any atom is 0.153 e. The van der Waals surface area contributed by atoms with Gasteiger partial charge < -0.3 is 5.32 Å². The highest BCUT2D eigenvalue weighted by Crippen LogP contribution is 2.12. The summed E-state index contributed by atoms with van der Waals surface area (Å²) in [6.07, 6.45) is 1.73. The maximum absolute atomic E-state index is 3.97. The number of hydrogen-bond donors (Lipinski definition) is 1. The molecule has 2 rings (SSSR count). The Morgan fingerprint density at radius 1 is 1.14 bits per heavy atom. The van der Waals surface area contributed by atoms with Crippen molar-refractivity contribution in [3.8, 4) is 0 Å². The van der Waals surface area contributed by atoms with Crippen LogP contribution in [-0.2, 0) is 0 Å². The summed E-state index contributed by atoms with van der Waals surface area (Å²) in [7, 11) is 0. The average molecular weight is 185 g/mol. The van der Waals surface area contributed by atoms with E-state index in [1.807, 2.05) is 43.3 Å². The Kier molecular flexibility index (Phi) is 2.40. The number of aromatic nitrogens is 2. The van der Waals surface area contributed by atoms with E-state index in [9.17, 15) is 0 Å². The Morgan fingerprint density at radius 2 is 1.93 bits per heavy atom. The normalized spacial score (nSPS) is 9.79. The fourth-order valence-electron chi connectivity index (χ4n) is 1.19. The number of nitrogens with zero attached hydrogens (tertiary/aromatic N) is 2. The lowest BCUT2D eigenvalue weighted by molar-refractivity contribution is 1.02. The summed E-state index contributed by atoms with van der Waals surface area (Å²) in [5, 5.41) is 11.0. The third kappa shape index (κ3) is 2.07. The van der Waals surface area contributed by atoms with Crippen LogP contribution < -0.4 is 5.32 Å². The van der Waals surface area contributed by atoms with Crippen molar-refractivity contribution < 1.29 is 0 Å². The summed E-state index contributed by atoms with van der Waals surface area (Å²) >= 11 is 0. The predicted molar refractivity (Wildman–Crippen MR) is 56.5 cm³/mol. The summed E-state index contributed by atoms with van der Waals surface area (Å²) in [6, 6.07) is 11.9. The number of para-hydroxylation sites is 1. The second-order valence-electron chi connectivity index (χ2n) is 3.11. The van der Waals surface area contributed by atoms with Crippen LogP contribution >= 0.6 is 0 Å². The zero-order chi connectivity index (χ0) is 9.80. The van der Waals surface area contributed by atoms with Gasteiger partial charge in [0.05, 0.1) is 6.20 Å². The second-order valence-corrected chi connectivity index (χ2v) is 3.11. The van der Waals surface area contributed by atoms with Crippen molar-refractivity contribution in [2.24, 2.45) is 0 Å². The second kappa shape index (κ2) is 3.87. The van der Waals surface area contributed by atoms with Gasteiger partial charge in [0.2, 0.25) is 0 Å². The van der Waals surface area contributed by atoms with E-state index < -0.39 is 0 Å². The Morgan fingerprint density at radius 3 is 2.64 bits per heavy atom. The van der Waals surface area contributed by atoms with Crippen LogP contribution in [0.3, 0.4) is 0 Å². The molecule has 14 heavy (non-hydrogen) atoms. The Labute approximate surface area is 82.8 Å². The van der Waals surface area contributed by atoms with Gasteiger partial charge >= 0.3 is 0 Å². The molecule has 0 bridgehead atoms. The molecule has 1 N–H and O–H groups in total. The lowest BCUT2D eigenvalue weighted by Crippen LogP contribution is -1.95. The number of aryl methyl sites for hydroxylation is 1. The average Bonchev–Trinajstić information content (AvgIpc) is 2.19. The van der Waals surface area contributed by atoms with Crippen molar-refractivity contribution in [1.29, 1.82) is 0 Å². The smallest absolute Gasteiger partial charge is 0.153 e. The summed E-state index contributed by atoms with van der Waals surface area (Å²) in [5.74, 6) is 0.774. The summed E-state index contributed by atoms with van der Waals surface area (Å²) in [6.45, 7) is 1.99. The van der Waals surface area contributed by atoms with E-state index >= 15 is 0 Å². The molecule has 0 spiro atoms. The first-order valence-electron chi connectivity index (χ1n) is 4.46. The van der Waals surface area contributed by atoms with E-state index in [4.69, 9.17) is 0 Å². The standard InChI is InChI=1S/C11H11N3/c1-9-7-11(14-12-8-9)13-10-5-3-2-4-6-10/h2-8H,1H3,(H,13,14). The monoisotopic (exact) mass is 185 g/mol. The summed E-state index contributed by atoms with van der Waals surface area (Å²) in [4.78, 5) is 0. The molecule has 0 saturated heterocycles. The molecule has 1 aromatic carbocycles. The molecule has 0 aliphatic rings. The molecule has 1 heterocycles. The molecule has 0 unspecified atom stereocenters. The zero-order valence-electron chi connectivity index (χ0n) is 7.94. The van der Waals surface area contributed by atoms with Gasteiger partial charge in [-0.3, -0.25) is 0 Å². The minimum absolute atomic E-state index is 0.774. The molecule has 0 atom stereocenters. The van der Waals surface area contributed by atoms with Crippen molar-refractivity contribution in [3.05, 3.63) is 48.2 Å². The lowest BCUT2D eigenvalue weighted by Gasteiger charge is -2.03. The van der Waals surface area contributed by atoms with Crippen molar-refractivity contribution in [3.63, 3.8) is 0 Å². The quantitative estimate of drug-likeness (QED) is 0.781. The molecule has 0 aliphatic carbocycles. The van der Waals surface area contributed by atoms with E-state index in [1.165, 1.54) is 0 Å². The van der Waals surface area contributed by atoms with Gasteiger partial charge in [0.15, 0.2) is 5.82 Å². The van der Waals surface area contributed by atoms with E-state index in [0.717, 1.165) is 17.1 Å². The molecule has 0 aliphatic heterocycles. The topological polar surface area (TPSA) is 37.8 Å². The van der Waals surface area contributed by atoms with E-state index in [2.05, 4.69) is 15.5 Å². The van der Waals surface area contributed by atoms with Crippen LogP contribution in [0.25, 0.3) is 0 Å². The van der Waals surface area contributed by atoms with Gasteiger partial charge in [0.25, 0.3) is 0 Å². The number of anilines is 2. The maximum atomic E-state index is 3.97. The van der Waals surface area contributed by atoms with Gasteiger partial charge in [-0.25, -0.2) is 0 Å². The van der Waals surface area contributed by atoms with E-state index in [1.54, 1.807) is 6.20 Å². The van der Waals surface area contributed by atoms with Crippen LogP contribution in [0.4, 0.5) is 11.5 Å². The van der Waals surface area contributed by atoms with Crippen LogP contribution in [0, 0.1) is 6.92 Å². The fourth-order valence-corrected chi connectivity index (χ4v) is 1.19. The van der Waals surface area contributed by atoms with E-state index in [-0.39, 0.29) is 0 Å². The van der Waals surface area contributed by atoms with Crippen molar-refractivity contribution in [2.45, 2.75) is 6.92 Å². The van der Waals surface area contributed by atoms with Crippen molar-refractivity contribution in [2.75, 3.05) is 5.32 Å². The number of nitrogens with one attached hydrogen (secondary N) is 1. The predicted octanol–water partition coefficient (Wildman–Crippen LogP) is 2.53. The van der Waals surface area contributed by atoms with Gasteiger partial charge in [0, 0.05) is 5.69 Å².